The highest BCUT2D eigenvalue weighted by atomic mass is 32.1. The predicted molar refractivity (Wildman–Crippen MR) is 87.4 cm³/mol. The van der Waals surface area contributed by atoms with E-state index in [2.05, 4.69) is 30.1 Å². The highest BCUT2D eigenvalue weighted by Crippen LogP contribution is 2.35. The number of aromatic nitrogens is 1. The summed E-state index contributed by atoms with van der Waals surface area (Å²) in [5.41, 5.74) is 1.10. The number of hydrogen-bond donors (Lipinski definition) is 0. The Labute approximate surface area is 128 Å². The summed E-state index contributed by atoms with van der Waals surface area (Å²) in [5, 5.41) is 1.23. The van der Waals surface area contributed by atoms with E-state index in [0.717, 1.165) is 24.3 Å². The zero-order valence-electron chi connectivity index (χ0n) is 12.1. The van der Waals surface area contributed by atoms with Crippen molar-refractivity contribution in [3.05, 3.63) is 42.6 Å². The monoisotopic (exact) mass is 299 g/mol. The molecule has 1 aromatic carbocycles. The highest BCUT2D eigenvalue weighted by Gasteiger charge is 2.06. The van der Waals surface area contributed by atoms with Crippen molar-refractivity contribution in [3.63, 3.8) is 0 Å². The summed E-state index contributed by atoms with van der Waals surface area (Å²) in [5.74, 6) is 1.57. The fourth-order valence-electron chi connectivity index (χ4n) is 2.11. The zero-order chi connectivity index (χ0) is 14.7. The lowest BCUT2D eigenvalue weighted by atomic mass is 10.2. The SMILES string of the molecule is CCCOc1ccc2cc(-c3ccc(OC)nc3)sc2c1. The standard InChI is InChI=1S/C17H17NO2S/c1-3-8-20-14-6-4-12-9-15(21-16(12)10-14)13-5-7-17(19-2)18-11-13/h4-7,9-11H,3,8H2,1-2H3. The number of nitrogens with zero attached hydrogens (tertiary/aromatic N) is 1. The summed E-state index contributed by atoms with van der Waals surface area (Å²) in [6.07, 6.45) is 2.86. The molecule has 0 atom stereocenters. The fourth-order valence-corrected chi connectivity index (χ4v) is 3.19. The van der Waals surface area contributed by atoms with Gasteiger partial charge in [0.15, 0.2) is 0 Å². The van der Waals surface area contributed by atoms with Crippen LogP contribution in [0.5, 0.6) is 11.6 Å². The summed E-state index contributed by atoms with van der Waals surface area (Å²) in [6, 6.07) is 12.3. The van der Waals surface area contributed by atoms with Gasteiger partial charge >= 0.3 is 0 Å². The molecular weight excluding hydrogens is 282 g/mol. The molecule has 108 valence electrons. The number of fused-ring (bicyclic) bond motifs is 1. The Balaban J connectivity index is 1.92. The van der Waals surface area contributed by atoms with E-state index in [-0.39, 0.29) is 0 Å². The van der Waals surface area contributed by atoms with Gasteiger partial charge in [-0.3, -0.25) is 0 Å². The second-order valence-electron chi connectivity index (χ2n) is 4.75. The van der Waals surface area contributed by atoms with Crippen LogP contribution in [0, 0.1) is 0 Å². The number of thiophene rings is 1. The van der Waals surface area contributed by atoms with Crippen LogP contribution >= 0.6 is 11.3 Å². The van der Waals surface area contributed by atoms with Crippen LogP contribution in [0.2, 0.25) is 0 Å². The number of benzene rings is 1. The van der Waals surface area contributed by atoms with Crippen LogP contribution in [0.1, 0.15) is 13.3 Å². The van der Waals surface area contributed by atoms with Gasteiger partial charge in [0.1, 0.15) is 5.75 Å². The number of hydrogen-bond acceptors (Lipinski definition) is 4. The van der Waals surface area contributed by atoms with E-state index in [1.807, 2.05) is 24.4 Å². The van der Waals surface area contributed by atoms with Crippen molar-refractivity contribution in [2.24, 2.45) is 0 Å². The topological polar surface area (TPSA) is 31.4 Å². The molecule has 0 amide bonds. The van der Waals surface area contributed by atoms with Gasteiger partial charge in [-0.2, -0.15) is 0 Å². The zero-order valence-corrected chi connectivity index (χ0v) is 12.9. The smallest absolute Gasteiger partial charge is 0.212 e. The van der Waals surface area contributed by atoms with Gasteiger partial charge in [0.2, 0.25) is 5.88 Å². The summed E-state index contributed by atoms with van der Waals surface area (Å²) < 4.78 is 12.0. The van der Waals surface area contributed by atoms with Crippen molar-refractivity contribution in [3.8, 4) is 22.1 Å². The molecule has 2 aromatic heterocycles. The first-order valence-electron chi connectivity index (χ1n) is 6.97. The van der Waals surface area contributed by atoms with Crippen molar-refractivity contribution in [1.29, 1.82) is 0 Å². The highest BCUT2D eigenvalue weighted by molar-refractivity contribution is 7.22. The lowest BCUT2D eigenvalue weighted by Gasteiger charge is -2.03. The molecule has 0 spiro atoms. The maximum absolute atomic E-state index is 5.69. The predicted octanol–water partition coefficient (Wildman–Crippen LogP) is 4.76. The van der Waals surface area contributed by atoms with Gasteiger partial charge in [0.25, 0.3) is 0 Å². The van der Waals surface area contributed by atoms with Crippen LogP contribution < -0.4 is 9.47 Å². The Hall–Kier alpha value is -2.07. The van der Waals surface area contributed by atoms with E-state index in [0.29, 0.717) is 5.88 Å². The first-order chi connectivity index (χ1) is 10.3. The fraction of sp³-hybridized carbons (Fsp3) is 0.235. The molecule has 3 rings (SSSR count). The Kier molecular flexibility index (Phi) is 4.06. The minimum absolute atomic E-state index is 0.634. The number of rotatable bonds is 5. The van der Waals surface area contributed by atoms with E-state index >= 15 is 0 Å². The third-order valence-electron chi connectivity index (χ3n) is 3.19. The maximum Gasteiger partial charge on any atom is 0.212 e. The first kappa shape index (κ1) is 13.9. The van der Waals surface area contributed by atoms with Crippen molar-refractivity contribution in [2.45, 2.75) is 13.3 Å². The van der Waals surface area contributed by atoms with Crippen LogP contribution in [-0.2, 0) is 0 Å². The average Bonchev–Trinajstić information content (AvgIpc) is 2.96. The average molecular weight is 299 g/mol. The van der Waals surface area contributed by atoms with Gasteiger partial charge in [-0.1, -0.05) is 6.92 Å². The molecule has 4 heteroatoms. The molecule has 3 aromatic rings. The van der Waals surface area contributed by atoms with Crippen LogP contribution in [0.15, 0.2) is 42.6 Å². The molecule has 0 radical (unpaired) electrons. The third kappa shape index (κ3) is 3.00. The summed E-state index contributed by atoms with van der Waals surface area (Å²) in [6.45, 7) is 2.87. The van der Waals surface area contributed by atoms with E-state index < -0.39 is 0 Å². The number of ether oxygens (including phenoxy) is 2. The van der Waals surface area contributed by atoms with Gasteiger partial charge in [-0.15, -0.1) is 11.3 Å². The van der Waals surface area contributed by atoms with Crippen LogP contribution in [-0.4, -0.2) is 18.7 Å². The molecule has 2 heterocycles. The Morgan fingerprint density at radius 3 is 2.76 bits per heavy atom. The molecule has 0 aliphatic rings. The molecule has 21 heavy (non-hydrogen) atoms. The minimum Gasteiger partial charge on any atom is -0.494 e. The molecule has 0 fully saturated rings. The Bertz CT molecular complexity index is 734. The molecule has 0 unspecified atom stereocenters. The van der Waals surface area contributed by atoms with Gasteiger partial charge in [-0.25, -0.2) is 4.98 Å². The molecule has 0 N–H and O–H groups in total. The van der Waals surface area contributed by atoms with Gasteiger partial charge in [0.05, 0.1) is 13.7 Å². The molecular formula is C17H17NO2S. The van der Waals surface area contributed by atoms with Crippen molar-refractivity contribution in [2.75, 3.05) is 13.7 Å². The van der Waals surface area contributed by atoms with Crippen molar-refractivity contribution < 1.29 is 9.47 Å². The first-order valence-corrected chi connectivity index (χ1v) is 7.78. The Morgan fingerprint density at radius 2 is 2.05 bits per heavy atom. The van der Waals surface area contributed by atoms with Gasteiger partial charge < -0.3 is 9.47 Å². The minimum atomic E-state index is 0.634. The second kappa shape index (κ2) is 6.14. The molecule has 0 bridgehead atoms. The van der Waals surface area contributed by atoms with E-state index in [9.17, 15) is 0 Å². The van der Waals surface area contributed by atoms with Gasteiger partial charge in [0, 0.05) is 27.4 Å². The molecule has 0 saturated heterocycles. The molecule has 0 aliphatic carbocycles. The summed E-state index contributed by atoms with van der Waals surface area (Å²) in [7, 11) is 1.62. The lowest BCUT2D eigenvalue weighted by molar-refractivity contribution is 0.318. The van der Waals surface area contributed by atoms with Crippen LogP contribution in [0.25, 0.3) is 20.5 Å². The lowest BCUT2D eigenvalue weighted by Crippen LogP contribution is -1.93. The molecule has 0 aliphatic heterocycles. The maximum atomic E-state index is 5.69. The van der Waals surface area contributed by atoms with E-state index in [1.165, 1.54) is 15.0 Å². The normalized spacial score (nSPS) is 10.8. The second-order valence-corrected chi connectivity index (χ2v) is 5.83. The summed E-state index contributed by atoms with van der Waals surface area (Å²) >= 11 is 1.75. The van der Waals surface area contributed by atoms with E-state index in [4.69, 9.17) is 9.47 Å². The molecule has 3 nitrogen and oxygen atoms in total. The quantitative estimate of drug-likeness (QED) is 0.680. The van der Waals surface area contributed by atoms with Gasteiger partial charge in [-0.05, 0) is 42.1 Å². The van der Waals surface area contributed by atoms with E-state index in [1.54, 1.807) is 18.4 Å². The number of pyridine rings is 1. The number of methoxy groups -OCH3 is 1. The largest absolute Gasteiger partial charge is 0.494 e. The summed E-state index contributed by atoms with van der Waals surface area (Å²) in [4.78, 5) is 5.46. The molecule has 0 saturated carbocycles. The third-order valence-corrected chi connectivity index (χ3v) is 4.34. The Morgan fingerprint density at radius 1 is 1.14 bits per heavy atom. The van der Waals surface area contributed by atoms with Crippen molar-refractivity contribution >= 4 is 21.4 Å². The van der Waals surface area contributed by atoms with Crippen LogP contribution in [0.3, 0.4) is 0 Å². The van der Waals surface area contributed by atoms with Crippen molar-refractivity contribution in [1.82, 2.24) is 4.98 Å². The van der Waals surface area contributed by atoms with Crippen LogP contribution in [0.4, 0.5) is 0 Å².